The van der Waals surface area contributed by atoms with Gasteiger partial charge in [-0.15, -0.1) is 0 Å². The predicted octanol–water partition coefficient (Wildman–Crippen LogP) is 3.33. The van der Waals surface area contributed by atoms with Crippen LogP contribution in [0.3, 0.4) is 0 Å². The summed E-state index contributed by atoms with van der Waals surface area (Å²) in [6.45, 7) is 6.66. The average molecular weight is 340 g/mol. The minimum Gasteiger partial charge on any atom is -0.384 e. The summed E-state index contributed by atoms with van der Waals surface area (Å²) in [6.07, 6.45) is 0. The maximum Gasteiger partial charge on any atom is 0.131 e. The van der Waals surface area contributed by atoms with Crippen LogP contribution in [0.1, 0.15) is 43.5 Å². The molecule has 0 radical (unpaired) electrons. The number of benzene rings is 1. The molecule has 1 aromatic carbocycles. The number of nitrogens with zero attached hydrogens (tertiary/aromatic N) is 2. The van der Waals surface area contributed by atoms with Gasteiger partial charge < -0.3 is 10.4 Å². The van der Waals surface area contributed by atoms with E-state index < -0.39 is 5.60 Å². The first-order valence-corrected chi connectivity index (χ1v) is 8.00. The molecule has 1 atom stereocenters. The molecule has 0 amide bonds. The molecule has 0 saturated heterocycles. The summed E-state index contributed by atoms with van der Waals surface area (Å²) in [5.41, 5.74) is 1.46. The summed E-state index contributed by atoms with van der Waals surface area (Å²) in [4.78, 5) is 0. The molecule has 6 heteroatoms. The number of aromatic nitrogens is 2. The third kappa shape index (κ3) is 4.10. The van der Waals surface area contributed by atoms with E-state index in [1.807, 2.05) is 7.05 Å². The van der Waals surface area contributed by atoms with Crippen molar-refractivity contribution >= 4 is 11.6 Å². The second-order valence-electron chi connectivity index (χ2n) is 6.32. The number of hydrogen-bond acceptors (Lipinski definition) is 3. The minimum atomic E-state index is -1.10. The topological polar surface area (TPSA) is 50.1 Å². The van der Waals surface area contributed by atoms with Gasteiger partial charge >= 0.3 is 0 Å². The quantitative estimate of drug-likeness (QED) is 0.848. The van der Waals surface area contributed by atoms with Crippen LogP contribution in [0, 0.1) is 5.82 Å². The largest absolute Gasteiger partial charge is 0.384 e. The fourth-order valence-electron chi connectivity index (χ4n) is 2.54. The van der Waals surface area contributed by atoms with Crippen LogP contribution < -0.4 is 5.32 Å². The molecule has 0 aliphatic rings. The van der Waals surface area contributed by atoms with Crippen molar-refractivity contribution in [2.45, 2.75) is 38.8 Å². The first kappa shape index (κ1) is 17.9. The van der Waals surface area contributed by atoms with Gasteiger partial charge in [-0.05, 0) is 30.5 Å². The van der Waals surface area contributed by atoms with Gasteiger partial charge in [0.1, 0.15) is 11.0 Å². The van der Waals surface area contributed by atoms with Gasteiger partial charge in [0.05, 0.1) is 11.3 Å². The van der Waals surface area contributed by atoms with E-state index >= 15 is 0 Å². The van der Waals surface area contributed by atoms with Crippen molar-refractivity contribution in [1.82, 2.24) is 15.1 Å². The Kier molecular flexibility index (Phi) is 5.45. The Labute approximate surface area is 141 Å². The summed E-state index contributed by atoms with van der Waals surface area (Å²) < 4.78 is 14.7. The van der Waals surface area contributed by atoms with Gasteiger partial charge in [0, 0.05) is 25.7 Å². The van der Waals surface area contributed by atoms with Crippen LogP contribution in [-0.4, -0.2) is 21.4 Å². The second-order valence-corrected chi connectivity index (χ2v) is 6.68. The summed E-state index contributed by atoms with van der Waals surface area (Å²) in [5.74, 6) is -0.0515. The summed E-state index contributed by atoms with van der Waals surface area (Å²) in [6, 6.07) is 5.87. The number of rotatable bonds is 6. The van der Waals surface area contributed by atoms with Crippen LogP contribution >= 0.6 is 11.6 Å². The van der Waals surface area contributed by atoms with E-state index in [2.05, 4.69) is 24.3 Å². The van der Waals surface area contributed by atoms with E-state index in [0.29, 0.717) is 23.8 Å². The highest BCUT2D eigenvalue weighted by Crippen LogP contribution is 2.26. The average Bonchev–Trinajstić information content (AvgIpc) is 2.76. The third-order valence-electron chi connectivity index (χ3n) is 3.88. The third-order valence-corrected chi connectivity index (χ3v) is 4.36. The molecule has 0 saturated carbocycles. The molecule has 0 spiro atoms. The van der Waals surface area contributed by atoms with Crippen molar-refractivity contribution in [1.29, 1.82) is 0 Å². The summed E-state index contributed by atoms with van der Waals surface area (Å²) >= 11 is 6.30. The Morgan fingerprint density at radius 1 is 1.35 bits per heavy atom. The van der Waals surface area contributed by atoms with E-state index in [-0.39, 0.29) is 11.7 Å². The molecular formula is C17H23ClFN3O. The zero-order valence-electron chi connectivity index (χ0n) is 13.9. The lowest BCUT2D eigenvalue weighted by molar-refractivity contribution is 0.0566. The Bertz CT molecular complexity index is 665. The van der Waals surface area contributed by atoms with Gasteiger partial charge in [-0.25, -0.2) is 4.39 Å². The molecule has 126 valence electrons. The van der Waals surface area contributed by atoms with Crippen LogP contribution in [0.5, 0.6) is 0 Å². The molecule has 2 N–H and O–H groups in total. The Hall–Kier alpha value is -1.43. The number of halogens is 2. The number of aryl methyl sites for hydroxylation is 1. The first-order valence-electron chi connectivity index (χ1n) is 7.62. The van der Waals surface area contributed by atoms with Gasteiger partial charge in [-0.3, -0.25) is 4.68 Å². The zero-order chi connectivity index (χ0) is 17.2. The zero-order valence-corrected chi connectivity index (χ0v) is 14.7. The maximum absolute atomic E-state index is 13.0. The van der Waals surface area contributed by atoms with Crippen LogP contribution in [0.4, 0.5) is 4.39 Å². The molecule has 0 bridgehead atoms. The van der Waals surface area contributed by atoms with Crippen molar-refractivity contribution in [3.05, 3.63) is 52.1 Å². The highest BCUT2D eigenvalue weighted by Gasteiger charge is 2.24. The lowest BCUT2D eigenvalue weighted by atomic mass is 9.96. The van der Waals surface area contributed by atoms with Gasteiger partial charge in [-0.2, -0.15) is 5.10 Å². The van der Waals surface area contributed by atoms with Gasteiger partial charge in [0.15, 0.2) is 0 Å². The molecule has 0 aliphatic carbocycles. The molecule has 1 aromatic heterocycles. The highest BCUT2D eigenvalue weighted by atomic mass is 35.5. The molecule has 1 unspecified atom stereocenters. The van der Waals surface area contributed by atoms with Crippen LogP contribution in [0.15, 0.2) is 24.3 Å². The number of aliphatic hydroxyl groups is 1. The maximum atomic E-state index is 13.0. The Morgan fingerprint density at radius 3 is 2.52 bits per heavy atom. The monoisotopic (exact) mass is 339 g/mol. The summed E-state index contributed by atoms with van der Waals surface area (Å²) in [5, 5.41) is 18.8. The molecule has 2 rings (SSSR count). The molecule has 4 nitrogen and oxygen atoms in total. The molecule has 0 aliphatic heterocycles. The van der Waals surface area contributed by atoms with Gasteiger partial charge in [-0.1, -0.05) is 37.6 Å². The van der Waals surface area contributed by atoms with E-state index in [1.54, 1.807) is 23.7 Å². The van der Waals surface area contributed by atoms with E-state index in [0.717, 1.165) is 11.3 Å². The van der Waals surface area contributed by atoms with Crippen molar-refractivity contribution in [2.75, 3.05) is 6.54 Å². The standard InChI is InChI=1S/C17H23ClFN3O/c1-11(2)15-14(16(18)22(4)21-15)9-20-10-17(3,23)12-5-7-13(19)8-6-12/h5-8,11,20,23H,9-10H2,1-4H3. The van der Waals surface area contributed by atoms with Crippen LogP contribution in [0.2, 0.25) is 5.15 Å². The fraction of sp³-hybridized carbons (Fsp3) is 0.471. The highest BCUT2D eigenvalue weighted by molar-refractivity contribution is 6.30. The van der Waals surface area contributed by atoms with Gasteiger partial charge in [0.2, 0.25) is 0 Å². The van der Waals surface area contributed by atoms with Crippen molar-refractivity contribution in [3.8, 4) is 0 Å². The van der Waals surface area contributed by atoms with Crippen LogP contribution in [0.25, 0.3) is 0 Å². The van der Waals surface area contributed by atoms with Gasteiger partial charge in [0.25, 0.3) is 0 Å². The minimum absolute atomic E-state index is 0.267. The van der Waals surface area contributed by atoms with Crippen LogP contribution in [-0.2, 0) is 19.2 Å². The first-order chi connectivity index (χ1) is 10.7. The summed E-state index contributed by atoms with van der Waals surface area (Å²) in [7, 11) is 1.81. The molecule has 2 aromatic rings. The predicted molar refractivity (Wildman–Crippen MR) is 90.0 cm³/mol. The van der Waals surface area contributed by atoms with Crippen molar-refractivity contribution in [2.24, 2.45) is 7.05 Å². The lowest BCUT2D eigenvalue weighted by Crippen LogP contribution is -2.35. The Morgan fingerprint density at radius 2 is 1.96 bits per heavy atom. The second kappa shape index (κ2) is 6.99. The van der Waals surface area contributed by atoms with Crippen molar-refractivity contribution < 1.29 is 9.50 Å². The van der Waals surface area contributed by atoms with Crippen molar-refractivity contribution in [3.63, 3.8) is 0 Å². The molecular weight excluding hydrogens is 317 g/mol. The fourth-order valence-corrected chi connectivity index (χ4v) is 2.74. The smallest absolute Gasteiger partial charge is 0.131 e. The van der Waals surface area contributed by atoms with E-state index in [9.17, 15) is 9.50 Å². The lowest BCUT2D eigenvalue weighted by Gasteiger charge is -2.24. The number of nitrogens with one attached hydrogen (secondary N) is 1. The Balaban J connectivity index is 2.06. The molecule has 1 heterocycles. The SMILES string of the molecule is CC(C)c1nn(C)c(Cl)c1CNCC(C)(O)c1ccc(F)cc1. The normalized spacial score (nSPS) is 14.3. The van der Waals surface area contributed by atoms with E-state index in [1.165, 1.54) is 12.1 Å². The number of hydrogen-bond donors (Lipinski definition) is 2. The molecule has 0 fully saturated rings. The van der Waals surface area contributed by atoms with E-state index in [4.69, 9.17) is 11.6 Å². The molecule has 23 heavy (non-hydrogen) atoms.